The Kier molecular flexibility index (Phi) is 5.44. The first kappa shape index (κ1) is 15.3. The molecule has 0 bridgehead atoms. The van der Waals surface area contributed by atoms with Gasteiger partial charge in [0, 0.05) is 0 Å². The standard InChI is InChI=1S/C16H24.C2H6/c1-10-11(2)13(4)16(14(5)12(10)3)9-15-7-6-8-15;1-2/h15H,6-9H2,1-5H3;1-2H3. The lowest BCUT2D eigenvalue weighted by Gasteiger charge is -2.28. The average Bonchev–Trinajstić information content (AvgIpc) is 2.34. The van der Waals surface area contributed by atoms with Gasteiger partial charge in [-0.2, -0.15) is 0 Å². The van der Waals surface area contributed by atoms with Crippen LogP contribution in [-0.4, -0.2) is 0 Å². The summed E-state index contributed by atoms with van der Waals surface area (Å²) in [4.78, 5) is 0. The van der Waals surface area contributed by atoms with Gasteiger partial charge in [0.15, 0.2) is 0 Å². The zero-order valence-electron chi connectivity index (χ0n) is 13.4. The van der Waals surface area contributed by atoms with Gasteiger partial charge in [-0.05, 0) is 80.3 Å². The maximum Gasteiger partial charge on any atom is -0.0245 e. The average molecular weight is 246 g/mol. The van der Waals surface area contributed by atoms with E-state index in [0.717, 1.165) is 5.92 Å². The van der Waals surface area contributed by atoms with E-state index in [1.165, 1.54) is 42.4 Å². The molecule has 0 unspecified atom stereocenters. The minimum Gasteiger partial charge on any atom is -0.0683 e. The van der Waals surface area contributed by atoms with Gasteiger partial charge in [0.1, 0.15) is 0 Å². The van der Waals surface area contributed by atoms with Gasteiger partial charge in [0.05, 0.1) is 0 Å². The predicted molar refractivity (Wildman–Crippen MR) is 82.5 cm³/mol. The van der Waals surface area contributed by atoms with Crippen LogP contribution in [0, 0.1) is 40.5 Å². The third-order valence-electron chi connectivity index (χ3n) is 4.87. The summed E-state index contributed by atoms with van der Waals surface area (Å²) in [5.74, 6) is 0.971. The van der Waals surface area contributed by atoms with E-state index in [-0.39, 0.29) is 0 Å². The van der Waals surface area contributed by atoms with Crippen molar-refractivity contribution in [2.45, 2.75) is 74.1 Å². The number of rotatable bonds is 2. The maximum absolute atomic E-state index is 2.31. The monoisotopic (exact) mass is 246 g/mol. The van der Waals surface area contributed by atoms with Gasteiger partial charge in [-0.25, -0.2) is 0 Å². The summed E-state index contributed by atoms with van der Waals surface area (Å²) in [5.41, 5.74) is 9.26. The number of benzene rings is 1. The van der Waals surface area contributed by atoms with Crippen LogP contribution in [0.3, 0.4) is 0 Å². The molecule has 2 rings (SSSR count). The van der Waals surface area contributed by atoms with E-state index in [4.69, 9.17) is 0 Å². The zero-order chi connectivity index (χ0) is 13.9. The van der Waals surface area contributed by atoms with Crippen LogP contribution in [-0.2, 0) is 6.42 Å². The lowest BCUT2D eigenvalue weighted by atomic mass is 9.77. The number of hydrogen-bond acceptors (Lipinski definition) is 0. The van der Waals surface area contributed by atoms with Crippen molar-refractivity contribution in [2.24, 2.45) is 5.92 Å². The van der Waals surface area contributed by atoms with Gasteiger partial charge in [-0.1, -0.05) is 33.1 Å². The largest absolute Gasteiger partial charge is 0.0683 e. The minimum absolute atomic E-state index is 0.971. The molecule has 1 aromatic rings. The minimum atomic E-state index is 0.971. The van der Waals surface area contributed by atoms with Crippen molar-refractivity contribution in [2.75, 3.05) is 0 Å². The molecular formula is C18H30. The van der Waals surface area contributed by atoms with Gasteiger partial charge in [0.2, 0.25) is 0 Å². The third kappa shape index (κ3) is 2.79. The Hall–Kier alpha value is -0.780. The predicted octanol–water partition coefficient (Wildman–Crippen LogP) is 5.60. The Labute approximate surface area is 114 Å². The fourth-order valence-electron chi connectivity index (χ4n) is 2.87. The van der Waals surface area contributed by atoms with Crippen molar-refractivity contribution in [3.05, 3.63) is 33.4 Å². The van der Waals surface area contributed by atoms with Crippen molar-refractivity contribution >= 4 is 0 Å². The Bertz CT molecular complexity index is 380. The fourth-order valence-corrected chi connectivity index (χ4v) is 2.87. The van der Waals surface area contributed by atoms with Crippen LogP contribution < -0.4 is 0 Å². The van der Waals surface area contributed by atoms with Gasteiger partial charge >= 0.3 is 0 Å². The summed E-state index contributed by atoms with van der Waals surface area (Å²) >= 11 is 0. The van der Waals surface area contributed by atoms with Crippen LogP contribution in [0.15, 0.2) is 0 Å². The second kappa shape index (κ2) is 6.41. The molecule has 0 saturated heterocycles. The molecule has 0 aliphatic heterocycles. The van der Waals surface area contributed by atoms with Crippen molar-refractivity contribution in [3.8, 4) is 0 Å². The topological polar surface area (TPSA) is 0 Å². The van der Waals surface area contributed by atoms with Crippen LogP contribution in [0.5, 0.6) is 0 Å². The molecule has 0 spiro atoms. The molecule has 1 saturated carbocycles. The SMILES string of the molecule is CC.Cc1c(C)c(C)c(CC2CCC2)c(C)c1C. The van der Waals surface area contributed by atoms with Gasteiger partial charge in [-0.3, -0.25) is 0 Å². The zero-order valence-corrected chi connectivity index (χ0v) is 13.4. The lowest BCUT2D eigenvalue weighted by molar-refractivity contribution is 0.313. The highest BCUT2D eigenvalue weighted by atomic mass is 14.3. The van der Waals surface area contributed by atoms with Crippen LogP contribution in [0.2, 0.25) is 0 Å². The van der Waals surface area contributed by atoms with E-state index in [9.17, 15) is 0 Å². The van der Waals surface area contributed by atoms with Crippen molar-refractivity contribution in [1.82, 2.24) is 0 Å². The van der Waals surface area contributed by atoms with Crippen LogP contribution in [0.25, 0.3) is 0 Å². The van der Waals surface area contributed by atoms with E-state index in [1.54, 1.807) is 16.7 Å². The van der Waals surface area contributed by atoms with Crippen molar-refractivity contribution in [1.29, 1.82) is 0 Å². The summed E-state index contributed by atoms with van der Waals surface area (Å²) in [6, 6.07) is 0. The fraction of sp³-hybridized carbons (Fsp3) is 0.667. The molecule has 1 aliphatic rings. The maximum atomic E-state index is 2.31. The van der Waals surface area contributed by atoms with Gasteiger partial charge < -0.3 is 0 Å². The molecule has 18 heavy (non-hydrogen) atoms. The first-order valence-electron chi connectivity index (χ1n) is 7.58. The molecule has 0 atom stereocenters. The molecule has 0 nitrogen and oxygen atoms in total. The Morgan fingerprint density at radius 3 is 1.44 bits per heavy atom. The van der Waals surface area contributed by atoms with E-state index in [0.29, 0.717) is 0 Å². The molecule has 0 amide bonds. The normalized spacial score (nSPS) is 14.8. The highest BCUT2D eigenvalue weighted by Crippen LogP contribution is 2.34. The summed E-state index contributed by atoms with van der Waals surface area (Å²) in [7, 11) is 0. The van der Waals surface area contributed by atoms with Crippen molar-refractivity contribution in [3.63, 3.8) is 0 Å². The second-order valence-electron chi connectivity index (χ2n) is 5.60. The van der Waals surface area contributed by atoms with E-state index in [1.807, 2.05) is 13.8 Å². The molecule has 1 fully saturated rings. The molecule has 0 aromatic heterocycles. The van der Waals surface area contributed by atoms with Gasteiger partial charge in [-0.15, -0.1) is 0 Å². The first-order chi connectivity index (χ1) is 8.52. The Morgan fingerprint density at radius 2 is 1.11 bits per heavy atom. The number of hydrogen-bond donors (Lipinski definition) is 0. The lowest BCUT2D eigenvalue weighted by Crippen LogP contribution is -2.16. The molecule has 0 radical (unpaired) electrons. The highest BCUT2D eigenvalue weighted by Gasteiger charge is 2.21. The van der Waals surface area contributed by atoms with Crippen LogP contribution in [0.4, 0.5) is 0 Å². The Morgan fingerprint density at radius 1 is 0.722 bits per heavy atom. The summed E-state index contributed by atoms with van der Waals surface area (Å²) in [6.07, 6.45) is 5.67. The van der Waals surface area contributed by atoms with Crippen LogP contribution >= 0.6 is 0 Å². The quantitative estimate of drug-likeness (QED) is 0.637. The van der Waals surface area contributed by atoms with Crippen LogP contribution in [0.1, 0.15) is 66.5 Å². The molecule has 102 valence electrons. The van der Waals surface area contributed by atoms with Crippen molar-refractivity contribution < 1.29 is 0 Å². The smallest absolute Gasteiger partial charge is 0.0245 e. The summed E-state index contributed by atoms with van der Waals surface area (Å²) in [6.45, 7) is 15.4. The Balaban J connectivity index is 0.000000771. The summed E-state index contributed by atoms with van der Waals surface area (Å²) < 4.78 is 0. The molecule has 1 aromatic carbocycles. The first-order valence-corrected chi connectivity index (χ1v) is 7.58. The molecular weight excluding hydrogens is 216 g/mol. The molecule has 0 heteroatoms. The van der Waals surface area contributed by atoms with E-state index < -0.39 is 0 Å². The van der Waals surface area contributed by atoms with Gasteiger partial charge in [0.25, 0.3) is 0 Å². The van der Waals surface area contributed by atoms with E-state index >= 15 is 0 Å². The molecule has 0 N–H and O–H groups in total. The second-order valence-corrected chi connectivity index (χ2v) is 5.60. The van der Waals surface area contributed by atoms with E-state index in [2.05, 4.69) is 34.6 Å². The third-order valence-corrected chi connectivity index (χ3v) is 4.87. The summed E-state index contributed by atoms with van der Waals surface area (Å²) in [5, 5.41) is 0. The molecule has 1 aliphatic carbocycles. The molecule has 0 heterocycles. The highest BCUT2D eigenvalue weighted by molar-refractivity contribution is 5.49.